The summed E-state index contributed by atoms with van der Waals surface area (Å²) in [6.07, 6.45) is 0. The summed E-state index contributed by atoms with van der Waals surface area (Å²) in [5.74, 6) is 0.0343. The Kier molecular flexibility index (Phi) is 5.14. The van der Waals surface area contributed by atoms with E-state index in [-0.39, 0.29) is 26.2 Å². The highest BCUT2D eigenvalue weighted by Gasteiger charge is 2.16. The molecule has 0 saturated carbocycles. The van der Waals surface area contributed by atoms with E-state index in [0.717, 1.165) is 5.56 Å². The number of hydrogen-bond acceptors (Lipinski definition) is 6. The van der Waals surface area contributed by atoms with Gasteiger partial charge in [-0.05, 0) is 67.7 Å². The molecule has 0 atom stereocenters. The Bertz CT molecular complexity index is 1480. The number of hydrogen-bond donors (Lipinski definition) is 2. The van der Waals surface area contributed by atoms with Crippen molar-refractivity contribution in [1.29, 1.82) is 0 Å². The van der Waals surface area contributed by atoms with E-state index in [1.807, 2.05) is 13.0 Å². The van der Waals surface area contributed by atoms with Crippen molar-refractivity contribution in [1.82, 2.24) is 19.7 Å². The number of rotatable bonds is 4. The fourth-order valence-corrected chi connectivity index (χ4v) is 4.30. The topological polar surface area (TPSA) is 110 Å². The maximum absolute atomic E-state index is 13.0. The Morgan fingerprint density at radius 3 is 2.47 bits per heavy atom. The van der Waals surface area contributed by atoms with Gasteiger partial charge in [-0.25, -0.2) is 8.42 Å². The number of anilines is 1. The van der Waals surface area contributed by atoms with Crippen molar-refractivity contribution in [3.05, 3.63) is 80.4 Å². The second kappa shape index (κ2) is 7.63. The molecule has 2 aromatic heterocycles. The van der Waals surface area contributed by atoms with Crippen LogP contribution in [-0.4, -0.2) is 28.2 Å². The van der Waals surface area contributed by atoms with Gasteiger partial charge in [-0.2, -0.15) is 0 Å². The summed E-state index contributed by atoms with van der Waals surface area (Å²) in [5.41, 5.74) is 1.73. The molecule has 2 N–H and O–H groups in total. The van der Waals surface area contributed by atoms with E-state index >= 15 is 0 Å². The van der Waals surface area contributed by atoms with Gasteiger partial charge in [-0.15, -0.1) is 10.2 Å². The van der Waals surface area contributed by atoms with Crippen molar-refractivity contribution < 1.29 is 8.42 Å². The van der Waals surface area contributed by atoms with Gasteiger partial charge in [0.25, 0.3) is 15.6 Å². The van der Waals surface area contributed by atoms with Crippen LogP contribution in [0.2, 0.25) is 5.15 Å². The smallest absolute Gasteiger partial charge is 0.266 e. The predicted molar refractivity (Wildman–Crippen MR) is 117 cm³/mol. The van der Waals surface area contributed by atoms with Gasteiger partial charge in [0.1, 0.15) is 0 Å². The van der Waals surface area contributed by atoms with E-state index in [0.29, 0.717) is 16.6 Å². The van der Waals surface area contributed by atoms with Crippen LogP contribution >= 0.6 is 23.8 Å². The molecule has 0 fully saturated rings. The molecule has 0 saturated heterocycles. The highest BCUT2D eigenvalue weighted by Crippen LogP contribution is 2.18. The molecule has 0 bridgehead atoms. The minimum atomic E-state index is -3.90. The van der Waals surface area contributed by atoms with Crippen molar-refractivity contribution >= 4 is 50.6 Å². The molecule has 30 heavy (non-hydrogen) atoms. The zero-order valence-electron chi connectivity index (χ0n) is 15.5. The summed E-state index contributed by atoms with van der Waals surface area (Å²) < 4.78 is 29.0. The monoisotopic (exact) mass is 459 g/mol. The molecule has 8 nitrogen and oxygen atoms in total. The van der Waals surface area contributed by atoms with Crippen molar-refractivity contribution in [2.24, 2.45) is 0 Å². The molecule has 4 aromatic rings. The lowest BCUT2D eigenvalue weighted by Gasteiger charge is -2.10. The number of aromatic amines is 1. The SMILES string of the molecule is Cc1ccc2[nH]c(=S)n(-c3ccc(S(=O)(=O)Nc4ccc(Cl)nn4)cc3)c(=O)c2c1. The molecule has 2 heterocycles. The molecular weight excluding hydrogens is 446 g/mol. The van der Waals surface area contributed by atoms with E-state index in [9.17, 15) is 13.2 Å². The Hall–Kier alpha value is -3.08. The number of aryl methyl sites for hydroxylation is 1. The molecule has 0 aliphatic carbocycles. The standard InChI is InChI=1S/C19H14ClN5O3S2/c1-11-2-7-15-14(10-11)18(26)25(19(29)21-15)12-3-5-13(6-4-12)30(27,28)24-17-9-8-16(20)22-23-17/h2-10H,1H3,(H,21,29)(H,23,24). The number of benzene rings is 2. The Labute approximate surface area is 181 Å². The predicted octanol–water partition coefficient (Wildman–Crippen LogP) is 3.60. The molecule has 0 aliphatic heterocycles. The number of nitrogens with one attached hydrogen (secondary N) is 2. The van der Waals surface area contributed by atoms with Crippen molar-refractivity contribution in [3.63, 3.8) is 0 Å². The molecule has 152 valence electrons. The van der Waals surface area contributed by atoms with Crippen molar-refractivity contribution in [2.75, 3.05) is 4.72 Å². The van der Waals surface area contributed by atoms with E-state index in [4.69, 9.17) is 23.8 Å². The van der Waals surface area contributed by atoms with Crippen LogP contribution in [0, 0.1) is 11.7 Å². The summed E-state index contributed by atoms with van der Waals surface area (Å²) in [5, 5.41) is 7.91. The van der Waals surface area contributed by atoms with E-state index in [1.165, 1.54) is 41.0 Å². The number of H-pyrrole nitrogens is 1. The van der Waals surface area contributed by atoms with Gasteiger partial charge in [-0.3, -0.25) is 14.1 Å². The van der Waals surface area contributed by atoms with Gasteiger partial charge in [0.2, 0.25) is 0 Å². The number of fused-ring (bicyclic) bond motifs is 1. The minimum absolute atomic E-state index is 0.0115. The van der Waals surface area contributed by atoms with Crippen LogP contribution in [0.25, 0.3) is 16.6 Å². The first-order valence-corrected chi connectivity index (χ1v) is 10.9. The van der Waals surface area contributed by atoms with Crippen LogP contribution < -0.4 is 10.3 Å². The summed E-state index contributed by atoms with van der Waals surface area (Å²) in [6, 6.07) is 14.1. The van der Waals surface area contributed by atoms with Gasteiger partial charge in [0, 0.05) is 0 Å². The van der Waals surface area contributed by atoms with Gasteiger partial charge in [0.15, 0.2) is 15.7 Å². The van der Waals surface area contributed by atoms with E-state index in [2.05, 4.69) is 19.9 Å². The third-order valence-corrected chi connectivity index (χ3v) is 6.19. The minimum Gasteiger partial charge on any atom is -0.331 e. The molecule has 2 aromatic carbocycles. The first kappa shape index (κ1) is 20.2. The second-order valence-electron chi connectivity index (χ2n) is 6.46. The third-order valence-electron chi connectivity index (χ3n) is 4.33. The Balaban J connectivity index is 1.73. The zero-order chi connectivity index (χ0) is 21.5. The fourth-order valence-electron chi connectivity index (χ4n) is 2.90. The Morgan fingerprint density at radius 2 is 1.80 bits per heavy atom. The zero-order valence-corrected chi connectivity index (χ0v) is 17.8. The molecule has 4 rings (SSSR count). The van der Waals surface area contributed by atoms with Crippen LogP contribution in [0.15, 0.2) is 64.3 Å². The number of aromatic nitrogens is 4. The average Bonchev–Trinajstić information content (AvgIpc) is 2.71. The maximum Gasteiger partial charge on any atom is 0.266 e. The second-order valence-corrected chi connectivity index (χ2v) is 8.92. The van der Waals surface area contributed by atoms with Gasteiger partial charge < -0.3 is 4.98 Å². The molecule has 0 aliphatic rings. The quantitative estimate of drug-likeness (QED) is 0.451. The molecule has 11 heteroatoms. The average molecular weight is 460 g/mol. The largest absolute Gasteiger partial charge is 0.331 e. The summed E-state index contributed by atoms with van der Waals surface area (Å²) >= 11 is 11.0. The first-order valence-electron chi connectivity index (χ1n) is 8.63. The highest BCUT2D eigenvalue weighted by atomic mass is 35.5. The molecule has 0 spiro atoms. The van der Waals surface area contributed by atoms with Crippen LogP contribution in [0.3, 0.4) is 0 Å². The lowest BCUT2D eigenvalue weighted by atomic mass is 10.1. The summed E-state index contributed by atoms with van der Waals surface area (Å²) in [6.45, 7) is 1.89. The van der Waals surface area contributed by atoms with Gasteiger partial charge >= 0.3 is 0 Å². The van der Waals surface area contributed by atoms with E-state index in [1.54, 1.807) is 12.1 Å². The van der Waals surface area contributed by atoms with Crippen LogP contribution in [-0.2, 0) is 10.0 Å². The number of nitrogens with zero attached hydrogens (tertiary/aromatic N) is 3. The van der Waals surface area contributed by atoms with Crippen LogP contribution in [0.4, 0.5) is 5.82 Å². The third kappa shape index (κ3) is 3.84. The van der Waals surface area contributed by atoms with Gasteiger partial charge in [-0.1, -0.05) is 23.2 Å². The molecule has 0 amide bonds. The number of halogens is 1. The first-order chi connectivity index (χ1) is 14.2. The molecular formula is C19H14ClN5O3S2. The summed E-state index contributed by atoms with van der Waals surface area (Å²) in [4.78, 5) is 16.0. The lowest BCUT2D eigenvalue weighted by molar-refractivity contribution is 0.601. The van der Waals surface area contributed by atoms with E-state index < -0.39 is 10.0 Å². The van der Waals surface area contributed by atoms with Crippen LogP contribution in [0.5, 0.6) is 0 Å². The maximum atomic E-state index is 13.0. The van der Waals surface area contributed by atoms with Crippen LogP contribution in [0.1, 0.15) is 5.56 Å². The lowest BCUT2D eigenvalue weighted by Crippen LogP contribution is -2.21. The van der Waals surface area contributed by atoms with Gasteiger partial charge in [0.05, 0.1) is 21.5 Å². The fraction of sp³-hybridized carbons (Fsp3) is 0.0526. The Morgan fingerprint density at radius 1 is 1.07 bits per heavy atom. The van der Waals surface area contributed by atoms with Crippen molar-refractivity contribution in [2.45, 2.75) is 11.8 Å². The highest BCUT2D eigenvalue weighted by molar-refractivity contribution is 7.92. The van der Waals surface area contributed by atoms with Crippen molar-refractivity contribution in [3.8, 4) is 5.69 Å². The summed E-state index contributed by atoms with van der Waals surface area (Å²) in [7, 11) is -3.90. The number of sulfonamides is 1. The normalized spacial score (nSPS) is 11.5. The molecule has 0 unspecified atom stereocenters. The molecule has 0 radical (unpaired) electrons.